The van der Waals surface area contributed by atoms with E-state index in [0.29, 0.717) is 59.4 Å². The van der Waals surface area contributed by atoms with Gasteiger partial charge < -0.3 is 29.4 Å². The molecule has 2 aromatic heterocycles. The van der Waals surface area contributed by atoms with Crippen molar-refractivity contribution in [2.45, 2.75) is 49.5 Å². The highest BCUT2D eigenvalue weighted by atomic mass is 35.5. The van der Waals surface area contributed by atoms with Gasteiger partial charge >= 0.3 is 0 Å². The number of pyridine rings is 1. The van der Waals surface area contributed by atoms with Crippen LogP contribution in [0.5, 0.6) is 11.5 Å². The summed E-state index contributed by atoms with van der Waals surface area (Å²) in [4.78, 5) is 38.4. The summed E-state index contributed by atoms with van der Waals surface area (Å²) in [6.07, 6.45) is 10.9. The van der Waals surface area contributed by atoms with Gasteiger partial charge in [-0.1, -0.05) is 35.7 Å². The zero-order valence-corrected chi connectivity index (χ0v) is 34.9. The number of aromatic nitrogens is 2. The number of carbonyl (C=O) groups excluding carboxylic acids is 1. The molecule has 0 unspecified atom stereocenters. The van der Waals surface area contributed by atoms with Crippen molar-refractivity contribution in [3.8, 4) is 11.5 Å². The minimum atomic E-state index is -0.442. The molecule has 13 nitrogen and oxygen atoms in total. The van der Waals surface area contributed by atoms with Gasteiger partial charge in [0.1, 0.15) is 22.8 Å². The molecule has 9 rings (SSSR count). The molecular weight excluding hydrogens is 802 g/mol. The molecule has 1 amide bonds. The van der Waals surface area contributed by atoms with Crippen molar-refractivity contribution in [1.29, 1.82) is 0 Å². The first kappa shape index (κ1) is 40.3. The summed E-state index contributed by atoms with van der Waals surface area (Å²) in [5, 5.41) is 16.8. The lowest BCUT2D eigenvalue weighted by Gasteiger charge is -2.47. The molecule has 0 radical (unpaired) electrons. The molecule has 0 bridgehead atoms. The number of H-pyrrole nitrogens is 1. The largest absolute Gasteiger partial charge is 0.455 e. The third-order valence-electron chi connectivity index (χ3n) is 12.3. The first-order valence-electron chi connectivity index (χ1n) is 20.7. The van der Waals surface area contributed by atoms with Crippen molar-refractivity contribution in [2.75, 3.05) is 69.3 Å². The highest BCUT2D eigenvalue weighted by Crippen LogP contribution is 2.55. The SMILES string of the molecule is O=C(NSc1ccc(NC[C@@H]2COCCO2)c([N+](=O)[O-])c1)c1ccc(N2CCN(CC3=C(c4ccc(Cl)cc4)CC4(CCC4)CC3)CC2)cc1Oc1cnc2[nH]ccc2c1. The Balaban J connectivity index is 0.894. The van der Waals surface area contributed by atoms with Crippen molar-refractivity contribution < 1.29 is 23.9 Å². The minimum absolute atomic E-state index is 0.105. The second-order valence-electron chi connectivity index (χ2n) is 16.2. The maximum absolute atomic E-state index is 13.9. The van der Waals surface area contributed by atoms with E-state index in [1.807, 2.05) is 42.6 Å². The quantitative estimate of drug-likeness (QED) is 0.0592. The number of amides is 1. The van der Waals surface area contributed by atoms with Gasteiger partial charge in [-0.15, -0.1) is 0 Å². The van der Waals surface area contributed by atoms with Crippen LogP contribution in [0.15, 0.2) is 95.7 Å². The number of nitrogens with zero attached hydrogens (tertiary/aromatic N) is 4. The number of anilines is 2. The molecule has 4 heterocycles. The van der Waals surface area contributed by atoms with Crippen molar-refractivity contribution in [3.05, 3.63) is 117 Å². The van der Waals surface area contributed by atoms with Gasteiger partial charge in [0, 0.05) is 78.6 Å². The summed E-state index contributed by atoms with van der Waals surface area (Å²) < 4.78 is 20.4. The number of nitro benzene ring substituents is 1. The average molecular weight is 850 g/mol. The topological polar surface area (TPSA) is 147 Å². The number of hydrogen-bond acceptors (Lipinski definition) is 11. The van der Waals surface area contributed by atoms with E-state index < -0.39 is 10.8 Å². The van der Waals surface area contributed by atoms with Crippen LogP contribution in [0.25, 0.3) is 16.6 Å². The first-order valence-corrected chi connectivity index (χ1v) is 21.9. The molecule has 2 saturated heterocycles. The van der Waals surface area contributed by atoms with Gasteiger partial charge in [0.25, 0.3) is 11.6 Å². The summed E-state index contributed by atoms with van der Waals surface area (Å²) >= 11 is 7.29. The summed E-state index contributed by atoms with van der Waals surface area (Å²) in [5.74, 6) is 0.479. The predicted octanol–water partition coefficient (Wildman–Crippen LogP) is 9.11. The zero-order chi connectivity index (χ0) is 41.1. The van der Waals surface area contributed by atoms with Crippen LogP contribution in [-0.2, 0) is 9.47 Å². The second-order valence-corrected chi connectivity index (χ2v) is 17.5. The number of benzene rings is 3. The molecule has 1 saturated carbocycles. The summed E-state index contributed by atoms with van der Waals surface area (Å²) in [6.45, 7) is 6.27. The molecule has 2 aliphatic carbocycles. The number of fused-ring (bicyclic) bond motifs is 1. The Kier molecular flexibility index (Phi) is 12.0. The Labute approximate surface area is 358 Å². The normalized spacial score (nSPS) is 19.3. The smallest absolute Gasteiger partial charge is 0.293 e. The Morgan fingerprint density at radius 1 is 1.03 bits per heavy atom. The molecule has 312 valence electrons. The fraction of sp³-hybridized carbons (Fsp3) is 0.378. The lowest BCUT2D eigenvalue weighted by atomic mass is 9.59. The van der Waals surface area contributed by atoms with Crippen molar-refractivity contribution >= 4 is 63.1 Å². The highest BCUT2D eigenvalue weighted by Gasteiger charge is 2.41. The van der Waals surface area contributed by atoms with Gasteiger partial charge in [-0.2, -0.15) is 0 Å². The fourth-order valence-corrected chi connectivity index (χ4v) is 9.57. The highest BCUT2D eigenvalue weighted by molar-refractivity contribution is 7.98. The van der Waals surface area contributed by atoms with Crippen LogP contribution in [0.2, 0.25) is 5.02 Å². The molecule has 15 heteroatoms. The van der Waals surface area contributed by atoms with E-state index in [1.165, 1.54) is 42.9 Å². The Morgan fingerprint density at radius 3 is 2.65 bits per heavy atom. The minimum Gasteiger partial charge on any atom is -0.455 e. The maximum Gasteiger partial charge on any atom is 0.293 e. The molecule has 3 N–H and O–H groups in total. The van der Waals surface area contributed by atoms with E-state index in [2.05, 4.69) is 41.9 Å². The number of aromatic amines is 1. The third-order valence-corrected chi connectivity index (χ3v) is 13.4. The Bertz CT molecular complexity index is 2390. The van der Waals surface area contributed by atoms with E-state index in [1.54, 1.807) is 30.0 Å². The monoisotopic (exact) mass is 849 g/mol. The number of nitrogens with one attached hydrogen (secondary N) is 3. The predicted molar refractivity (Wildman–Crippen MR) is 235 cm³/mol. The number of hydrogen-bond donors (Lipinski definition) is 3. The van der Waals surface area contributed by atoms with Crippen LogP contribution in [0, 0.1) is 15.5 Å². The lowest BCUT2D eigenvalue weighted by Crippen LogP contribution is -2.47. The van der Waals surface area contributed by atoms with Crippen molar-refractivity contribution in [1.82, 2.24) is 19.6 Å². The molecule has 5 aromatic rings. The van der Waals surface area contributed by atoms with Crippen LogP contribution in [0.3, 0.4) is 0 Å². The molecule has 3 aromatic carbocycles. The van der Waals surface area contributed by atoms with Crippen molar-refractivity contribution in [3.63, 3.8) is 0 Å². The summed E-state index contributed by atoms with van der Waals surface area (Å²) in [6, 6.07) is 22.7. The average Bonchev–Trinajstić information content (AvgIpc) is 3.74. The standard InChI is InChI=1S/C45H48ClN7O6S/c46-33-4-2-30(3-5-33)39-25-45(12-1-13-45)14-10-32(39)28-51-16-18-52(19-17-51)34-6-8-38(42(23-34)59-35-22-31-11-15-47-43(31)49-26-35)44(54)50-60-37-7-9-40(41(24-37)53(55)56)48-27-36-29-57-20-21-58-36/h2-9,11,15,22-24,26,36,48H,1,10,12-14,16-21,25,27-29H2,(H,47,49)(H,50,54)/t36-/m1/s1. The van der Waals surface area contributed by atoms with Crippen LogP contribution in [-0.4, -0.2) is 90.9 Å². The van der Waals surface area contributed by atoms with Gasteiger partial charge in [0.15, 0.2) is 0 Å². The Hall–Kier alpha value is -5.12. The van der Waals surface area contributed by atoms with Crippen LogP contribution >= 0.6 is 23.5 Å². The summed E-state index contributed by atoms with van der Waals surface area (Å²) in [5.41, 5.74) is 7.14. The Morgan fingerprint density at radius 2 is 1.88 bits per heavy atom. The zero-order valence-electron chi connectivity index (χ0n) is 33.3. The number of piperazine rings is 1. The number of carbonyl (C=O) groups is 1. The second kappa shape index (κ2) is 17.8. The molecule has 2 aliphatic heterocycles. The number of halogens is 1. The molecule has 60 heavy (non-hydrogen) atoms. The maximum atomic E-state index is 13.9. The van der Waals surface area contributed by atoms with Gasteiger partial charge in [-0.25, -0.2) is 4.98 Å². The van der Waals surface area contributed by atoms with Gasteiger partial charge in [-0.05, 0) is 109 Å². The molecule has 1 atom stereocenters. The number of allylic oxidation sites excluding steroid dienone is 1. The first-order chi connectivity index (χ1) is 29.3. The van der Waals surface area contributed by atoms with E-state index >= 15 is 0 Å². The molecule has 1 spiro atoms. The van der Waals surface area contributed by atoms with E-state index in [-0.39, 0.29) is 11.8 Å². The van der Waals surface area contributed by atoms with E-state index in [9.17, 15) is 14.9 Å². The molecule has 4 aliphatic rings. The van der Waals surface area contributed by atoms with Crippen LogP contribution in [0.1, 0.15) is 54.4 Å². The molecule has 3 fully saturated rings. The lowest BCUT2D eigenvalue weighted by molar-refractivity contribution is -0.384. The number of ether oxygens (including phenoxy) is 3. The van der Waals surface area contributed by atoms with Crippen LogP contribution < -0.4 is 19.7 Å². The number of nitro groups is 1. The summed E-state index contributed by atoms with van der Waals surface area (Å²) in [7, 11) is 0. The third kappa shape index (κ3) is 9.13. The number of rotatable bonds is 13. The van der Waals surface area contributed by atoms with E-state index in [0.717, 1.165) is 79.3 Å². The fourth-order valence-electron chi connectivity index (χ4n) is 8.82. The van der Waals surface area contributed by atoms with Gasteiger partial charge in [0.05, 0.1) is 42.6 Å². The van der Waals surface area contributed by atoms with Gasteiger partial charge in [-0.3, -0.25) is 24.5 Å². The van der Waals surface area contributed by atoms with Gasteiger partial charge in [0.2, 0.25) is 0 Å². The van der Waals surface area contributed by atoms with E-state index in [4.69, 9.17) is 25.8 Å². The molecular formula is C45H48ClN7O6S. The van der Waals surface area contributed by atoms with Crippen molar-refractivity contribution in [2.24, 2.45) is 5.41 Å². The van der Waals surface area contributed by atoms with Crippen LogP contribution in [0.4, 0.5) is 17.1 Å².